The molecule has 19 heteroatoms. The largest absolute Gasteiger partial charge is 0.354 e. The molecule has 1 aliphatic heterocycles. The Hall–Kier alpha value is -7.44. The van der Waals surface area contributed by atoms with Crippen molar-refractivity contribution in [2.75, 3.05) is 0 Å². The molecule has 4 nitrogen and oxygen atoms in total. The van der Waals surface area contributed by atoms with Crippen LogP contribution in [0.15, 0.2) is 66.7 Å². The van der Waals surface area contributed by atoms with Crippen molar-refractivity contribution in [1.82, 2.24) is 19.5 Å². The molecule has 0 saturated carbocycles. The molecule has 2 N–H and O–H groups in total. The van der Waals surface area contributed by atoms with Gasteiger partial charge in [0.1, 0.15) is 0 Å². The summed E-state index contributed by atoms with van der Waals surface area (Å²) in [6.45, 7) is -0.535. The van der Waals surface area contributed by atoms with Crippen molar-refractivity contribution >= 4 is 45.3 Å². The van der Waals surface area contributed by atoms with Crippen LogP contribution in [0.2, 0.25) is 0 Å². The van der Waals surface area contributed by atoms with Crippen molar-refractivity contribution in [3.63, 3.8) is 0 Å². The zero-order chi connectivity index (χ0) is 44.9. The maximum atomic E-state index is 16.1. The van der Waals surface area contributed by atoms with Gasteiger partial charge in [-0.2, -0.15) is 0 Å². The highest BCUT2D eigenvalue weighted by atomic mass is 19.2. The van der Waals surface area contributed by atoms with E-state index in [9.17, 15) is 22.0 Å². The van der Waals surface area contributed by atoms with Crippen LogP contribution in [-0.2, 0) is 6.54 Å². The van der Waals surface area contributed by atoms with Crippen LogP contribution in [0.5, 0.6) is 0 Å². The summed E-state index contributed by atoms with van der Waals surface area (Å²) in [6.07, 6.45) is 2.17. The number of aromatic amines is 2. The van der Waals surface area contributed by atoms with Crippen LogP contribution in [0.1, 0.15) is 17.0 Å². The predicted molar refractivity (Wildman–Crippen MR) is 200 cm³/mol. The van der Waals surface area contributed by atoms with Crippen LogP contribution in [0.4, 0.5) is 65.9 Å². The van der Waals surface area contributed by atoms with Gasteiger partial charge in [0.15, 0.2) is 69.8 Å². The highest BCUT2D eigenvalue weighted by molar-refractivity contribution is 6.01. The molecule has 0 saturated heterocycles. The monoisotopic (exact) mass is 886 g/mol. The number of nitrogens with one attached hydrogen (secondary N) is 2. The first-order valence-electron chi connectivity index (χ1n) is 18.0. The Morgan fingerprint density at radius 3 is 1.10 bits per heavy atom. The molecule has 5 heterocycles. The van der Waals surface area contributed by atoms with Crippen molar-refractivity contribution in [2.45, 2.75) is 6.54 Å². The van der Waals surface area contributed by atoms with Crippen LogP contribution < -0.4 is 0 Å². The van der Waals surface area contributed by atoms with E-state index in [1.54, 1.807) is 6.07 Å². The van der Waals surface area contributed by atoms with E-state index >= 15 is 43.9 Å². The number of nitrogens with zero attached hydrogens (tertiary/aromatic N) is 2. The number of benzene rings is 4. The molecule has 0 unspecified atom stereocenters. The van der Waals surface area contributed by atoms with E-state index in [1.165, 1.54) is 30.3 Å². The lowest BCUT2D eigenvalue weighted by Crippen LogP contribution is -2.07. The number of halogens is 15. The lowest BCUT2D eigenvalue weighted by molar-refractivity contribution is 0.381. The van der Waals surface area contributed by atoms with Crippen LogP contribution in [0, 0.1) is 87.3 Å². The van der Waals surface area contributed by atoms with Gasteiger partial charge >= 0.3 is 0 Å². The van der Waals surface area contributed by atoms with Crippen molar-refractivity contribution in [2.24, 2.45) is 0 Å². The van der Waals surface area contributed by atoms with E-state index in [0.29, 0.717) is 0 Å². The lowest BCUT2D eigenvalue weighted by Gasteiger charge is -2.16. The summed E-state index contributed by atoms with van der Waals surface area (Å²) in [7, 11) is 0. The molecule has 0 fully saturated rings. The third-order valence-corrected chi connectivity index (χ3v) is 10.4. The van der Waals surface area contributed by atoms with Gasteiger partial charge in [-0.3, -0.25) is 0 Å². The smallest absolute Gasteiger partial charge is 0.200 e. The molecule has 0 atom stereocenters. The number of rotatable bonds is 5. The minimum Gasteiger partial charge on any atom is -0.354 e. The minimum atomic E-state index is -2.59. The van der Waals surface area contributed by atoms with E-state index in [2.05, 4.69) is 15.0 Å². The van der Waals surface area contributed by atoms with E-state index in [4.69, 9.17) is 0 Å². The quantitative estimate of drug-likeness (QED) is 0.101. The third kappa shape index (κ3) is 6.15. The van der Waals surface area contributed by atoms with Crippen LogP contribution in [0.3, 0.4) is 0 Å². The fourth-order valence-electron chi connectivity index (χ4n) is 7.54. The van der Waals surface area contributed by atoms with E-state index in [0.717, 1.165) is 47.1 Å². The number of fused-ring (bicyclic) bond motifs is 9. The van der Waals surface area contributed by atoms with Gasteiger partial charge in [-0.15, -0.1) is 0 Å². The van der Waals surface area contributed by atoms with E-state index in [-0.39, 0.29) is 16.8 Å². The normalized spacial score (nSPS) is 12.0. The van der Waals surface area contributed by atoms with Crippen molar-refractivity contribution < 1.29 is 65.9 Å². The molecule has 8 aromatic rings. The second-order valence-electron chi connectivity index (χ2n) is 13.9. The molecule has 318 valence electrons. The van der Waals surface area contributed by atoms with Gasteiger partial charge in [-0.1, -0.05) is 30.3 Å². The van der Waals surface area contributed by atoms with Gasteiger partial charge in [0.05, 0.1) is 44.6 Å². The lowest BCUT2D eigenvalue weighted by atomic mass is 10.0. The summed E-state index contributed by atoms with van der Waals surface area (Å²) >= 11 is 0. The van der Waals surface area contributed by atoms with E-state index in [1.807, 2.05) is 0 Å². The molecule has 0 radical (unpaired) electrons. The van der Waals surface area contributed by atoms with Crippen LogP contribution in [-0.4, -0.2) is 19.5 Å². The molecule has 0 spiro atoms. The summed E-state index contributed by atoms with van der Waals surface area (Å²) in [5, 5.41) is 0. The standard InChI is InChI=1S/C44H17F15N4/c45-30-27(31(46)37(52)42(57)36(30)51)24-18-8-6-16(60-18)17-7-9-20(61-17)25(28-32(47)38(53)43(58)39(54)33(28)48)22-12-13-23(63(22)14-15-4-2-1-3-5-15)26(21-11-10-19(24)62-21)29-34(49)40(55)44(59)41(56)35(29)50/h1-13,61-62H,14H2. The highest BCUT2D eigenvalue weighted by Gasteiger charge is 2.33. The fourth-order valence-corrected chi connectivity index (χ4v) is 7.54. The number of hydrogen-bond donors (Lipinski definition) is 2. The zero-order valence-electron chi connectivity index (χ0n) is 30.8. The number of aromatic nitrogens is 4. The molecule has 0 amide bonds. The van der Waals surface area contributed by atoms with E-state index < -0.39 is 160 Å². The summed E-state index contributed by atoms with van der Waals surface area (Å²) in [4.78, 5) is 9.50. The first kappa shape index (κ1) is 40.9. The average molecular weight is 887 g/mol. The number of hydrogen-bond acceptors (Lipinski definition) is 1. The van der Waals surface area contributed by atoms with Crippen LogP contribution >= 0.6 is 0 Å². The Kier molecular flexibility index (Phi) is 9.67. The molecule has 4 aromatic carbocycles. The molecule has 1 aliphatic rings. The summed E-state index contributed by atoms with van der Waals surface area (Å²) < 4.78 is 230. The Morgan fingerprint density at radius 1 is 0.333 bits per heavy atom. The van der Waals surface area contributed by atoms with Gasteiger partial charge in [-0.05, 0) is 54.1 Å². The predicted octanol–water partition coefficient (Wildman–Crippen LogP) is 13.3. The van der Waals surface area contributed by atoms with Gasteiger partial charge in [0.2, 0.25) is 17.5 Å². The molecule has 0 aliphatic carbocycles. The number of H-pyrrole nitrogens is 2. The Bertz CT molecular complexity index is 3350. The fraction of sp³-hybridized carbons (Fsp3) is 0.0227. The first-order valence-corrected chi connectivity index (χ1v) is 18.0. The Labute approximate surface area is 341 Å². The topological polar surface area (TPSA) is 49.4 Å². The van der Waals surface area contributed by atoms with Gasteiger partial charge in [0, 0.05) is 39.8 Å². The Balaban J connectivity index is 1.60. The maximum Gasteiger partial charge on any atom is 0.200 e. The van der Waals surface area contributed by atoms with Crippen LogP contribution in [0.25, 0.3) is 78.6 Å². The Morgan fingerprint density at radius 2 is 0.667 bits per heavy atom. The summed E-state index contributed by atoms with van der Waals surface area (Å²) in [5.74, 6) is -36.5. The van der Waals surface area contributed by atoms with Gasteiger partial charge in [-0.25, -0.2) is 70.8 Å². The molecule has 9 rings (SSSR count). The molecular weight excluding hydrogens is 869 g/mol. The third-order valence-electron chi connectivity index (χ3n) is 10.4. The zero-order valence-corrected chi connectivity index (χ0v) is 30.8. The molecular formula is C44H17F15N4. The molecule has 63 heavy (non-hydrogen) atoms. The summed E-state index contributed by atoms with van der Waals surface area (Å²) in [5.41, 5.74) is -10.8. The first-order chi connectivity index (χ1) is 30.0. The highest BCUT2D eigenvalue weighted by Crippen LogP contribution is 2.43. The SMILES string of the molecule is Fc1c(F)c(F)c(-c2c3nc(c4ccc([nH]4)c(-c4c(F)c(F)c(F)c(F)c4F)c4ccc(c(-c5c(F)c(F)c(F)c(F)c5F)c5ccc2[nH]5)n4Cc2ccccc2)C=C3)c(F)c1F. The van der Waals surface area contributed by atoms with Gasteiger partial charge < -0.3 is 14.5 Å². The average Bonchev–Trinajstić information content (AvgIpc) is 4.13. The molecule has 4 aromatic heterocycles. The summed E-state index contributed by atoms with van der Waals surface area (Å²) in [6, 6.07) is 13.5. The van der Waals surface area contributed by atoms with Crippen molar-refractivity contribution in [3.8, 4) is 33.4 Å². The second kappa shape index (κ2) is 14.9. The van der Waals surface area contributed by atoms with Crippen molar-refractivity contribution in [1.29, 1.82) is 0 Å². The maximum absolute atomic E-state index is 16.1. The second-order valence-corrected chi connectivity index (χ2v) is 13.9. The molecule has 8 bridgehead atoms. The van der Waals surface area contributed by atoms with Crippen molar-refractivity contribution in [3.05, 3.63) is 171 Å². The minimum absolute atomic E-state index is 0.119. The van der Waals surface area contributed by atoms with Gasteiger partial charge in [0.25, 0.3) is 0 Å².